The Hall–Kier alpha value is -1.49. The molecule has 0 bridgehead atoms. The number of hydrogen-bond acceptors (Lipinski definition) is 4. The van der Waals surface area contributed by atoms with E-state index in [4.69, 9.17) is 9.15 Å². The van der Waals surface area contributed by atoms with E-state index in [1.807, 2.05) is 39.8 Å². The highest BCUT2D eigenvalue weighted by Gasteiger charge is 2.18. The number of furan rings is 1. The molecule has 2 atom stereocenters. The van der Waals surface area contributed by atoms with Crippen LogP contribution >= 0.6 is 0 Å². The van der Waals surface area contributed by atoms with Crippen molar-refractivity contribution in [3.05, 3.63) is 24.2 Å². The van der Waals surface area contributed by atoms with Crippen molar-refractivity contribution in [3.8, 4) is 0 Å². The fourth-order valence-electron chi connectivity index (χ4n) is 1.81. The van der Waals surface area contributed by atoms with Gasteiger partial charge in [-0.3, -0.25) is 0 Å². The number of alkyl carbamates (subject to hydrolysis) is 1. The number of nitrogens with one attached hydrogen (secondary N) is 2. The summed E-state index contributed by atoms with van der Waals surface area (Å²) in [5, 5.41) is 6.18. The van der Waals surface area contributed by atoms with Gasteiger partial charge in [0.15, 0.2) is 0 Å². The lowest BCUT2D eigenvalue weighted by Crippen LogP contribution is -2.43. The molecule has 0 saturated heterocycles. The number of carbonyl (C=O) groups excluding carboxylic acids is 1. The zero-order valence-electron chi connectivity index (χ0n) is 13.0. The number of carbonyl (C=O) groups is 1. The highest BCUT2D eigenvalue weighted by Crippen LogP contribution is 2.16. The second-order valence-corrected chi connectivity index (χ2v) is 5.93. The average Bonchev–Trinajstić information content (AvgIpc) is 2.80. The van der Waals surface area contributed by atoms with E-state index >= 15 is 0 Å². The molecule has 1 rings (SSSR count). The zero-order chi connectivity index (χ0) is 15.2. The standard InChI is InChI=1S/C15H26N2O3/c1-6-12(13-8-7-9-19-13)16-10-11(2)17-14(18)20-15(3,4)5/h7-9,11-12,16H,6,10H2,1-5H3,(H,17,18). The van der Waals surface area contributed by atoms with Crippen molar-refractivity contribution in [1.29, 1.82) is 0 Å². The molecule has 1 aromatic rings. The normalized spacial score (nSPS) is 14.7. The molecule has 1 amide bonds. The summed E-state index contributed by atoms with van der Waals surface area (Å²) in [5.74, 6) is 0.914. The Morgan fingerprint density at radius 1 is 1.45 bits per heavy atom. The fourth-order valence-corrected chi connectivity index (χ4v) is 1.81. The van der Waals surface area contributed by atoms with Gasteiger partial charge in [-0.15, -0.1) is 0 Å². The van der Waals surface area contributed by atoms with Crippen LogP contribution in [-0.4, -0.2) is 24.3 Å². The number of hydrogen-bond donors (Lipinski definition) is 2. The molecule has 0 radical (unpaired) electrons. The van der Waals surface area contributed by atoms with E-state index in [0.29, 0.717) is 6.54 Å². The molecule has 5 heteroatoms. The van der Waals surface area contributed by atoms with Crippen LogP contribution in [0.15, 0.2) is 22.8 Å². The largest absolute Gasteiger partial charge is 0.468 e. The van der Waals surface area contributed by atoms with E-state index in [1.54, 1.807) is 6.26 Å². The van der Waals surface area contributed by atoms with Crippen molar-refractivity contribution < 1.29 is 13.9 Å². The van der Waals surface area contributed by atoms with Gasteiger partial charge in [-0.1, -0.05) is 6.92 Å². The van der Waals surface area contributed by atoms with Crippen LogP contribution in [0.25, 0.3) is 0 Å². The van der Waals surface area contributed by atoms with Crippen LogP contribution in [0.5, 0.6) is 0 Å². The van der Waals surface area contributed by atoms with Crippen LogP contribution in [0.4, 0.5) is 4.79 Å². The molecule has 0 aliphatic heterocycles. The van der Waals surface area contributed by atoms with Crippen molar-refractivity contribution in [2.24, 2.45) is 0 Å². The number of amides is 1. The Labute approximate surface area is 121 Å². The lowest BCUT2D eigenvalue weighted by molar-refractivity contribution is 0.0507. The molecule has 2 N–H and O–H groups in total. The van der Waals surface area contributed by atoms with Gasteiger partial charge in [0.1, 0.15) is 11.4 Å². The molecule has 0 fully saturated rings. The van der Waals surface area contributed by atoms with Gasteiger partial charge in [-0.05, 0) is 46.2 Å². The maximum absolute atomic E-state index is 11.6. The molecule has 2 unspecified atom stereocenters. The lowest BCUT2D eigenvalue weighted by Gasteiger charge is -2.23. The Morgan fingerprint density at radius 3 is 2.65 bits per heavy atom. The molecule has 0 aliphatic carbocycles. The van der Waals surface area contributed by atoms with E-state index in [0.717, 1.165) is 12.2 Å². The molecule has 0 spiro atoms. The monoisotopic (exact) mass is 282 g/mol. The minimum absolute atomic E-state index is 0.0196. The van der Waals surface area contributed by atoms with Crippen molar-refractivity contribution in [2.75, 3.05) is 6.54 Å². The van der Waals surface area contributed by atoms with Crippen molar-refractivity contribution in [1.82, 2.24) is 10.6 Å². The first kappa shape index (κ1) is 16.6. The van der Waals surface area contributed by atoms with Gasteiger partial charge in [0.2, 0.25) is 0 Å². The number of ether oxygens (including phenoxy) is 1. The summed E-state index contributed by atoms with van der Waals surface area (Å²) in [6.45, 7) is 10.2. The molecule has 5 nitrogen and oxygen atoms in total. The van der Waals surface area contributed by atoms with Crippen LogP contribution in [0.3, 0.4) is 0 Å². The van der Waals surface area contributed by atoms with E-state index in [-0.39, 0.29) is 12.1 Å². The summed E-state index contributed by atoms with van der Waals surface area (Å²) >= 11 is 0. The van der Waals surface area contributed by atoms with Crippen LogP contribution in [0, 0.1) is 0 Å². The van der Waals surface area contributed by atoms with Crippen LogP contribution in [0.1, 0.15) is 52.8 Å². The summed E-state index contributed by atoms with van der Waals surface area (Å²) in [5.41, 5.74) is -0.475. The Balaban J connectivity index is 2.35. The lowest BCUT2D eigenvalue weighted by atomic mass is 10.1. The third-order valence-electron chi connectivity index (χ3n) is 2.73. The Kier molecular flexibility index (Phi) is 6.07. The van der Waals surface area contributed by atoms with Gasteiger partial charge >= 0.3 is 6.09 Å². The van der Waals surface area contributed by atoms with Crippen molar-refractivity contribution >= 4 is 6.09 Å². The first-order valence-corrected chi connectivity index (χ1v) is 7.08. The zero-order valence-corrected chi connectivity index (χ0v) is 13.0. The van der Waals surface area contributed by atoms with Crippen LogP contribution in [0.2, 0.25) is 0 Å². The molecule has 114 valence electrons. The Bertz CT molecular complexity index is 396. The molecule has 1 heterocycles. The molecule has 0 saturated carbocycles. The van der Waals surface area contributed by atoms with Gasteiger partial charge in [-0.2, -0.15) is 0 Å². The summed E-state index contributed by atoms with van der Waals surface area (Å²) in [4.78, 5) is 11.6. The maximum Gasteiger partial charge on any atom is 0.407 e. The van der Waals surface area contributed by atoms with Crippen LogP contribution < -0.4 is 10.6 Å². The van der Waals surface area contributed by atoms with Crippen LogP contribution in [-0.2, 0) is 4.74 Å². The topological polar surface area (TPSA) is 63.5 Å². The summed E-state index contributed by atoms with van der Waals surface area (Å²) in [6, 6.07) is 3.97. The predicted molar refractivity (Wildman–Crippen MR) is 78.6 cm³/mol. The van der Waals surface area contributed by atoms with Gasteiger partial charge in [0.25, 0.3) is 0 Å². The van der Waals surface area contributed by atoms with Crippen molar-refractivity contribution in [2.45, 2.75) is 58.7 Å². The first-order valence-electron chi connectivity index (χ1n) is 7.08. The molecule has 20 heavy (non-hydrogen) atoms. The smallest absolute Gasteiger partial charge is 0.407 e. The van der Waals surface area contributed by atoms with E-state index < -0.39 is 11.7 Å². The molecule has 0 aromatic carbocycles. The third-order valence-corrected chi connectivity index (χ3v) is 2.73. The number of rotatable bonds is 6. The minimum Gasteiger partial charge on any atom is -0.468 e. The van der Waals surface area contributed by atoms with Crippen molar-refractivity contribution in [3.63, 3.8) is 0 Å². The second-order valence-electron chi connectivity index (χ2n) is 5.93. The molecule has 0 aliphatic rings. The summed E-state index contributed by atoms with van der Waals surface area (Å²) in [7, 11) is 0. The van der Waals surface area contributed by atoms with E-state index in [9.17, 15) is 4.79 Å². The summed E-state index contributed by atoms with van der Waals surface area (Å²) < 4.78 is 10.6. The maximum atomic E-state index is 11.6. The van der Waals surface area contributed by atoms with Gasteiger partial charge in [0.05, 0.1) is 12.3 Å². The highest BCUT2D eigenvalue weighted by molar-refractivity contribution is 5.68. The molecular weight excluding hydrogens is 256 g/mol. The second kappa shape index (κ2) is 7.33. The SMILES string of the molecule is CCC(NCC(C)NC(=O)OC(C)(C)C)c1ccco1. The average molecular weight is 282 g/mol. The third kappa shape index (κ3) is 6.10. The van der Waals surface area contributed by atoms with E-state index in [2.05, 4.69) is 17.6 Å². The molecular formula is C15H26N2O3. The van der Waals surface area contributed by atoms with Gasteiger partial charge in [0, 0.05) is 12.6 Å². The van der Waals surface area contributed by atoms with Gasteiger partial charge in [-0.25, -0.2) is 4.79 Å². The predicted octanol–water partition coefficient (Wildman–Crippen LogP) is 3.23. The molecule has 1 aromatic heterocycles. The van der Waals surface area contributed by atoms with Gasteiger partial charge < -0.3 is 19.8 Å². The first-order chi connectivity index (χ1) is 9.31. The Morgan fingerprint density at radius 2 is 2.15 bits per heavy atom. The van der Waals surface area contributed by atoms with E-state index in [1.165, 1.54) is 0 Å². The quantitative estimate of drug-likeness (QED) is 0.840. The summed E-state index contributed by atoms with van der Waals surface area (Å²) in [6.07, 6.45) is 2.20. The highest BCUT2D eigenvalue weighted by atomic mass is 16.6. The fraction of sp³-hybridized carbons (Fsp3) is 0.667. The minimum atomic E-state index is -0.475.